The molecule has 0 rings (SSSR count). The standard InChI is InChI=1S/C40H77N2O6P/c1-3-5-7-9-11-13-15-17-19-21-23-25-27-29-31-33-39(43)38(37-48-49(45,46)47-36-35-41)42-40(44)34-32-30-28-26-24-22-20-18-16-14-12-10-8-6-4-2/h12,14,18,20,31,33,38-39,43H,3-11,13,15-17,19,21-30,32,34-37,41H2,1-2H3,(H,42,44)(H,45,46)/b14-12-,20-18-,33-31+. The average Bonchev–Trinajstić information content (AvgIpc) is 3.09. The molecule has 1 amide bonds. The predicted octanol–water partition coefficient (Wildman–Crippen LogP) is 10.8. The van der Waals surface area contributed by atoms with E-state index in [-0.39, 0.29) is 25.7 Å². The third-order valence-electron chi connectivity index (χ3n) is 8.71. The van der Waals surface area contributed by atoms with Crippen LogP contribution in [0, 0.1) is 0 Å². The first-order chi connectivity index (χ1) is 23.9. The number of phosphoric ester groups is 1. The number of phosphoric acid groups is 1. The Balaban J connectivity index is 4.31. The number of unbranched alkanes of at least 4 members (excludes halogenated alkanes) is 21. The molecule has 8 nitrogen and oxygen atoms in total. The van der Waals surface area contributed by atoms with Crippen LogP contribution >= 0.6 is 7.82 Å². The van der Waals surface area contributed by atoms with Crippen LogP contribution in [0.2, 0.25) is 0 Å². The van der Waals surface area contributed by atoms with Crippen molar-refractivity contribution in [2.24, 2.45) is 5.73 Å². The van der Waals surface area contributed by atoms with Crippen molar-refractivity contribution in [2.75, 3.05) is 19.8 Å². The number of carbonyl (C=O) groups excluding carboxylic acids is 1. The fourth-order valence-corrected chi connectivity index (χ4v) is 6.39. The number of aliphatic hydroxyl groups is 1. The van der Waals surface area contributed by atoms with E-state index in [0.717, 1.165) is 64.2 Å². The molecule has 0 aliphatic rings. The number of allylic oxidation sites excluding steroid dienone is 5. The van der Waals surface area contributed by atoms with Crippen molar-refractivity contribution in [2.45, 2.75) is 193 Å². The minimum absolute atomic E-state index is 0.0756. The second kappa shape index (κ2) is 36.5. The first-order valence-corrected chi connectivity index (χ1v) is 21.6. The molecule has 0 aromatic carbocycles. The Morgan fingerprint density at radius 3 is 1.65 bits per heavy atom. The number of hydrogen-bond donors (Lipinski definition) is 4. The molecule has 288 valence electrons. The minimum Gasteiger partial charge on any atom is -0.387 e. The summed E-state index contributed by atoms with van der Waals surface area (Å²) in [5.41, 5.74) is 5.36. The maximum absolute atomic E-state index is 12.7. The first-order valence-electron chi connectivity index (χ1n) is 20.1. The number of carbonyl (C=O) groups is 1. The van der Waals surface area contributed by atoms with Gasteiger partial charge in [0.05, 0.1) is 25.4 Å². The Bertz CT molecular complexity index is 866. The van der Waals surface area contributed by atoms with Gasteiger partial charge in [0, 0.05) is 13.0 Å². The maximum atomic E-state index is 12.7. The van der Waals surface area contributed by atoms with Crippen LogP contribution in [0.5, 0.6) is 0 Å². The second-order valence-electron chi connectivity index (χ2n) is 13.5. The third-order valence-corrected chi connectivity index (χ3v) is 9.69. The lowest BCUT2D eigenvalue weighted by Crippen LogP contribution is -2.45. The lowest BCUT2D eigenvalue weighted by molar-refractivity contribution is -0.123. The SMILES string of the molecule is CCCCC/C=C\C/C=C\CCCCCCCC(=O)NC(COP(=O)(O)OCCN)C(O)/C=C/CCCCCCCCCCCCCCC. The molecule has 9 heteroatoms. The lowest BCUT2D eigenvalue weighted by atomic mass is 10.0. The van der Waals surface area contributed by atoms with E-state index in [1.165, 1.54) is 96.3 Å². The fourth-order valence-electron chi connectivity index (χ4n) is 5.63. The summed E-state index contributed by atoms with van der Waals surface area (Å²) in [6.45, 7) is 4.09. The molecule has 0 fully saturated rings. The molecule has 0 radical (unpaired) electrons. The number of amides is 1. The van der Waals surface area contributed by atoms with Gasteiger partial charge in [-0.05, 0) is 51.4 Å². The quantitative estimate of drug-likeness (QED) is 0.0286. The van der Waals surface area contributed by atoms with Crippen molar-refractivity contribution in [1.29, 1.82) is 0 Å². The van der Waals surface area contributed by atoms with E-state index < -0.39 is 20.0 Å². The monoisotopic (exact) mass is 713 g/mol. The largest absolute Gasteiger partial charge is 0.472 e. The normalized spacial score (nSPS) is 14.6. The molecule has 0 heterocycles. The zero-order chi connectivity index (χ0) is 36.1. The summed E-state index contributed by atoms with van der Waals surface area (Å²) >= 11 is 0. The minimum atomic E-state index is -4.34. The van der Waals surface area contributed by atoms with Gasteiger partial charge in [0.15, 0.2) is 0 Å². The van der Waals surface area contributed by atoms with E-state index in [0.29, 0.717) is 6.42 Å². The zero-order valence-electron chi connectivity index (χ0n) is 31.7. The molecule has 0 aliphatic carbocycles. The van der Waals surface area contributed by atoms with E-state index >= 15 is 0 Å². The molecule has 0 aliphatic heterocycles. The molecular formula is C40H77N2O6P. The summed E-state index contributed by atoms with van der Waals surface area (Å²) < 4.78 is 22.1. The predicted molar refractivity (Wildman–Crippen MR) is 208 cm³/mol. The van der Waals surface area contributed by atoms with Gasteiger partial charge in [-0.15, -0.1) is 0 Å². The van der Waals surface area contributed by atoms with Crippen LogP contribution in [0.3, 0.4) is 0 Å². The highest BCUT2D eigenvalue weighted by molar-refractivity contribution is 7.47. The molecule has 0 bridgehead atoms. The summed E-state index contributed by atoms with van der Waals surface area (Å²) in [6, 6.07) is -0.865. The van der Waals surface area contributed by atoms with Gasteiger partial charge in [-0.1, -0.05) is 159 Å². The van der Waals surface area contributed by atoms with Gasteiger partial charge in [-0.25, -0.2) is 4.57 Å². The fraction of sp³-hybridized carbons (Fsp3) is 0.825. The smallest absolute Gasteiger partial charge is 0.387 e. The molecule has 0 aromatic rings. The van der Waals surface area contributed by atoms with Crippen molar-refractivity contribution in [1.82, 2.24) is 5.32 Å². The molecule has 0 saturated heterocycles. The van der Waals surface area contributed by atoms with Crippen LogP contribution in [-0.4, -0.2) is 47.8 Å². The van der Waals surface area contributed by atoms with E-state index in [1.54, 1.807) is 6.08 Å². The van der Waals surface area contributed by atoms with Crippen molar-refractivity contribution < 1.29 is 28.4 Å². The number of aliphatic hydroxyl groups excluding tert-OH is 1. The highest BCUT2D eigenvalue weighted by Crippen LogP contribution is 2.43. The van der Waals surface area contributed by atoms with Crippen LogP contribution < -0.4 is 11.1 Å². The Morgan fingerprint density at radius 1 is 0.673 bits per heavy atom. The van der Waals surface area contributed by atoms with Gasteiger partial charge in [-0.3, -0.25) is 13.8 Å². The number of nitrogens with two attached hydrogens (primary N) is 1. The zero-order valence-corrected chi connectivity index (χ0v) is 32.6. The van der Waals surface area contributed by atoms with Crippen molar-refractivity contribution in [3.05, 3.63) is 36.5 Å². The van der Waals surface area contributed by atoms with Gasteiger partial charge < -0.3 is 21.1 Å². The van der Waals surface area contributed by atoms with Gasteiger partial charge in [0.1, 0.15) is 0 Å². The van der Waals surface area contributed by atoms with Gasteiger partial charge in [-0.2, -0.15) is 0 Å². The molecule has 3 atom stereocenters. The Labute approximate surface area is 301 Å². The Kier molecular flexibility index (Phi) is 35.6. The summed E-state index contributed by atoms with van der Waals surface area (Å²) in [7, 11) is -4.34. The van der Waals surface area contributed by atoms with Crippen molar-refractivity contribution in [3.63, 3.8) is 0 Å². The summed E-state index contributed by atoms with van der Waals surface area (Å²) in [5, 5.41) is 13.6. The van der Waals surface area contributed by atoms with Crippen LogP contribution in [0.25, 0.3) is 0 Å². The number of hydrogen-bond acceptors (Lipinski definition) is 6. The number of rotatable bonds is 37. The van der Waals surface area contributed by atoms with Gasteiger partial charge in [0.2, 0.25) is 5.91 Å². The molecule has 5 N–H and O–H groups in total. The van der Waals surface area contributed by atoms with E-state index in [2.05, 4.69) is 43.5 Å². The Morgan fingerprint density at radius 2 is 1.12 bits per heavy atom. The van der Waals surface area contributed by atoms with E-state index in [9.17, 15) is 19.4 Å². The Hall–Kier alpha value is -1.28. The molecule has 3 unspecified atom stereocenters. The second-order valence-corrected chi connectivity index (χ2v) is 14.9. The van der Waals surface area contributed by atoms with Gasteiger partial charge >= 0.3 is 7.82 Å². The van der Waals surface area contributed by atoms with Crippen LogP contribution in [0.1, 0.15) is 181 Å². The first kappa shape index (κ1) is 47.7. The molecule has 0 spiro atoms. The summed E-state index contributed by atoms with van der Waals surface area (Å²) in [5.74, 6) is -0.209. The lowest BCUT2D eigenvalue weighted by Gasteiger charge is -2.23. The topological polar surface area (TPSA) is 131 Å². The molecular weight excluding hydrogens is 635 g/mol. The molecule has 0 saturated carbocycles. The number of nitrogens with one attached hydrogen (secondary N) is 1. The van der Waals surface area contributed by atoms with E-state index in [4.69, 9.17) is 14.8 Å². The molecule has 49 heavy (non-hydrogen) atoms. The van der Waals surface area contributed by atoms with Crippen LogP contribution in [0.4, 0.5) is 0 Å². The van der Waals surface area contributed by atoms with Crippen LogP contribution in [-0.2, 0) is 18.4 Å². The summed E-state index contributed by atoms with van der Waals surface area (Å²) in [6.07, 6.45) is 41.8. The highest BCUT2D eigenvalue weighted by atomic mass is 31.2. The van der Waals surface area contributed by atoms with E-state index in [1.807, 2.05) is 6.08 Å². The maximum Gasteiger partial charge on any atom is 0.472 e. The van der Waals surface area contributed by atoms with Crippen molar-refractivity contribution >= 4 is 13.7 Å². The van der Waals surface area contributed by atoms with Crippen molar-refractivity contribution in [3.8, 4) is 0 Å². The average molecular weight is 713 g/mol. The van der Waals surface area contributed by atoms with Gasteiger partial charge in [0.25, 0.3) is 0 Å². The molecule has 0 aromatic heterocycles. The third kappa shape index (κ3) is 34.9. The van der Waals surface area contributed by atoms with Crippen LogP contribution in [0.15, 0.2) is 36.5 Å². The summed E-state index contributed by atoms with van der Waals surface area (Å²) in [4.78, 5) is 22.6. The highest BCUT2D eigenvalue weighted by Gasteiger charge is 2.26.